The molecule has 0 aromatic heterocycles. The molecule has 1 aliphatic rings. The molecule has 0 amide bonds. The van der Waals surface area contributed by atoms with Crippen LogP contribution in [-0.4, -0.2) is 29.6 Å². The van der Waals surface area contributed by atoms with Crippen LogP contribution in [0.4, 0.5) is 4.39 Å². The summed E-state index contributed by atoms with van der Waals surface area (Å²) in [5.74, 6) is 0.263. The van der Waals surface area contributed by atoms with Crippen LogP contribution in [0, 0.1) is 11.7 Å². The molecule has 16 heavy (non-hydrogen) atoms. The first-order valence-electron chi connectivity index (χ1n) is 5.71. The van der Waals surface area contributed by atoms with Crippen LogP contribution in [0.1, 0.15) is 19.4 Å². The van der Waals surface area contributed by atoms with Gasteiger partial charge in [0.1, 0.15) is 11.4 Å². The third-order valence-electron chi connectivity index (χ3n) is 2.97. The van der Waals surface area contributed by atoms with E-state index in [0.29, 0.717) is 24.6 Å². The molecule has 1 aromatic rings. The lowest BCUT2D eigenvalue weighted by Crippen LogP contribution is -2.60. The summed E-state index contributed by atoms with van der Waals surface area (Å²) >= 11 is 0. The van der Waals surface area contributed by atoms with Gasteiger partial charge in [0, 0.05) is 25.2 Å². The summed E-state index contributed by atoms with van der Waals surface area (Å²) in [4.78, 5) is 2.15. The Kier molecular flexibility index (Phi) is 3.00. The molecule has 0 spiro atoms. The van der Waals surface area contributed by atoms with E-state index in [1.54, 1.807) is 18.2 Å². The molecule has 0 atom stereocenters. The predicted molar refractivity (Wildman–Crippen MR) is 61.6 cm³/mol. The number of hydrogen-bond donors (Lipinski definition) is 1. The second-order valence-electron chi connectivity index (χ2n) is 5.07. The SMILES string of the molecule is CC(C)CN1CC(O)(c2ccccc2F)C1. The van der Waals surface area contributed by atoms with Crippen LogP contribution in [0.15, 0.2) is 24.3 Å². The number of aliphatic hydroxyl groups is 1. The van der Waals surface area contributed by atoms with Crippen LogP contribution in [0.25, 0.3) is 0 Å². The summed E-state index contributed by atoms with van der Waals surface area (Å²) in [6.07, 6.45) is 0. The Hall–Kier alpha value is -0.930. The molecule has 1 aromatic carbocycles. The number of β-amino-alcohol motifs (C(OH)–C–C–N with tert-alkyl or cyclic N) is 1. The van der Waals surface area contributed by atoms with E-state index in [1.165, 1.54) is 6.07 Å². The summed E-state index contributed by atoms with van der Waals surface area (Å²) in [6.45, 7) is 6.30. The number of likely N-dealkylation sites (tertiary alicyclic amines) is 1. The zero-order chi connectivity index (χ0) is 11.8. The lowest BCUT2D eigenvalue weighted by molar-refractivity contribution is -0.109. The van der Waals surface area contributed by atoms with Crippen molar-refractivity contribution in [1.29, 1.82) is 0 Å². The normalized spacial score (nSPS) is 19.8. The van der Waals surface area contributed by atoms with Gasteiger partial charge in [-0.15, -0.1) is 0 Å². The van der Waals surface area contributed by atoms with Crippen LogP contribution in [0.3, 0.4) is 0 Å². The van der Waals surface area contributed by atoms with Crippen molar-refractivity contribution in [1.82, 2.24) is 4.90 Å². The Morgan fingerprint density at radius 2 is 2.00 bits per heavy atom. The van der Waals surface area contributed by atoms with Gasteiger partial charge in [0.05, 0.1) is 0 Å². The van der Waals surface area contributed by atoms with Gasteiger partial charge in [-0.25, -0.2) is 4.39 Å². The quantitative estimate of drug-likeness (QED) is 0.847. The topological polar surface area (TPSA) is 23.5 Å². The molecule has 1 saturated heterocycles. The average molecular weight is 223 g/mol. The molecular weight excluding hydrogens is 205 g/mol. The zero-order valence-electron chi connectivity index (χ0n) is 9.78. The van der Waals surface area contributed by atoms with Crippen LogP contribution in [-0.2, 0) is 5.60 Å². The number of rotatable bonds is 3. The molecule has 0 bridgehead atoms. The molecule has 0 radical (unpaired) electrons. The Labute approximate surface area is 95.7 Å². The van der Waals surface area contributed by atoms with Crippen molar-refractivity contribution in [2.45, 2.75) is 19.4 Å². The summed E-state index contributed by atoms with van der Waals surface area (Å²) in [6, 6.07) is 6.48. The standard InChI is InChI=1S/C13H18FNO/c1-10(2)7-15-8-13(16,9-15)11-5-3-4-6-12(11)14/h3-6,10,16H,7-9H2,1-2H3. The van der Waals surface area contributed by atoms with Crippen LogP contribution in [0.2, 0.25) is 0 Å². The maximum absolute atomic E-state index is 13.5. The third-order valence-corrected chi connectivity index (χ3v) is 2.97. The van der Waals surface area contributed by atoms with E-state index in [2.05, 4.69) is 18.7 Å². The second kappa shape index (κ2) is 4.15. The number of halogens is 1. The highest BCUT2D eigenvalue weighted by Crippen LogP contribution is 2.33. The highest BCUT2D eigenvalue weighted by molar-refractivity contribution is 5.27. The summed E-state index contributed by atoms with van der Waals surface area (Å²) in [5.41, 5.74) is -0.560. The first kappa shape index (κ1) is 11.6. The van der Waals surface area contributed by atoms with Crippen molar-refractivity contribution in [2.24, 2.45) is 5.92 Å². The molecule has 1 fully saturated rings. The molecule has 3 heteroatoms. The lowest BCUT2D eigenvalue weighted by Gasteiger charge is -2.47. The van der Waals surface area contributed by atoms with Gasteiger partial charge in [-0.1, -0.05) is 32.0 Å². The van der Waals surface area contributed by atoms with Gasteiger partial charge >= 0.3 is 0 Å². The molecule has 2 rings (SSSR count). The molecular formula is C13H18FNO. The molecule has 2 nitrogen and oxygen atoms in total. The van der Waals surface area contributed by atoms with Crippen molar-refractivity contribution >= 4 is 0 Å². The molecule has 0 saturated carbocycles. The van der Waals surface area contributed by atoms with E-state index in [9.17, 15) is 9.50 Å². The Bertz CT molecular complexity index is 372. The number of hydrogen-bond acceptors (Lipinski definition) is 2. The molecule has 88 valence electrons. The molecule has 1 aliphatic heterocycles. The zero-order valence-corrected chi connectivity index (χ0v) is 9.78. The van der Waals surface area contributed by atoms with Gasteiger partial charge in [0.2, 0.25) is 0 Å². The minimum atomic E-state index is -0.986. The highest BCUT2D eigenvalue weighted by atomic mass is 19.1. The maximum Gasteiger partial charge on any atom is 0.129 e. The molecule has 0 aliphatic carbocycles. The van der Waals surface area contributed by atoms with Gasteiger partial charge < -0.3 is 5.11 Å². The predicted octanol–water partition coefficient (Wildman–Crippen LogP) is 1.98. The fourth-order valence-corrected chi connectivity index (χ4v) is 2.35. The largest absolute Gasteiger partial charge is 0.382 e. The second-order valence-corrected chi connectivity index (χ2v) is 5.07. The third kappa shape index (κ3) is 2.11. The van der Waals surface area contributed by atoms with Gasteiger partial charge in [-0.2, -0.15) is 0 Å². The van der Waals surface area contributed by atoms with Gasteiger partial charge in [0.15, 0.2) is 0 Å². The van der Waals surface area contributed by atoms with Gasteiger partial charge in [-0.05, 0) is 12.0 Å². The van der Waals surface area contributed by atoms with E-state index >= 15 is 0 Å². The molecule has 1 N–H and O–H groups in total. The smallest absolute Gasteiger partial charge is 0.129 e. The van der Waals surface area contributed by atoms with E-state index in [0.717, 1.165) is 6.54 Å². The van der Waals surface area contributed by atoms with Crippen molar-refractivity contribution in [2.75, 3.05) is 19.6 Å². The minimum Gasteiger partial charge on any atom is -0.382 e. The first-order chi connectivity index (χ1) is 7.51. The van der Waals surface area contributed by atoms with Crippen molar-refractivity contribution in [3.05, 3.63) is 35.6 Å². The van der Waals surface area contributed by atoms with E-state index in [1.807, 2.05) is 0 Å². The fraction of sp³-hybridized carbons (Fsp3) is 0.538. The minimum absolute atomic E-state index is 0.311. The Balaban J connectivity index is 2.05. The fourth-order valence-electron chi connectivity index (χ4n) is 2.35. The van der Waals surface area contributed by atoms with Crippen molar-refractivity contribution < 1.29 is 9.50 Å². The monoisotopic (exact) mass is 223 g/mol. The van der Waals surface area contributed by atoms with Gasteiger partial charge in [-0.3, -0.25) is 4.90 Å². The van der Waals surface area contributed by atoms with Crippen molar-refractivity contribution in [3.63, 3.8) is 0 Å². The summed E-state index contributed by atoms with van der Waals surface area (Å²) in [7, 11) is 0. The number of benzene rings is 1. The first-order valence-corrected chi connectivity index (χ1v) is 5.71. The molecule has 0 unspecified atom stereocenters. The highest BCUT2D eigenvalue weighted by Gasteiger charge is 2.43. The van der Waals surface area contributed by atoms with Crippen LogP contribution >= 0.6 is 0 Å². The Morgan fingerprint density at radius 3 is 2.56 bits per heavy atom. The van der Waals surface area contributed by atoms with Crippen molar-refractivity contribution in [3.8, 4) is 0 Å². The van der Waals surface area contributed by atoms with E-state index in [-0.39, 0.29) is 5.82 Å². The Morgan fingerprint density at radius 1 is 1.38 bits per heavy atom. The van der Waals surface area contributed by atoms with Crippen LogP contribution < -0.4 is 0 Å². The van der Waals surface area contributed by atoms with E-state index < -0.39 is 5.60 Å². The average Bonchev–Trinajstić information content (AvgIpc) is 2.15. The number of nitrogens with zero attached hydrogens (tertiary/aromatic N) is 1. The summed E-state index contributed by atoms with van der Waals surface area (Å²) in [5, 5.41) is 10.3. The van der Waals surface area contributed by atoms with Gasteiger partial charge in [0.25, 0.3) is 0 Å². The van der Waals surface area contributed by atoms with Crippen LogP contribution in [0.5, 0.6) is 0 Å². The van der Waals surface area contributed by atoms with E-state index in [4.69, 9.17) is 0 Å². The molecule has 1 heterocycles. The lowest BCUT2D eigenvalue weighted by atomic mass is 9.85. The maximum atomic E-state index is 13.5. The summed E-state index contributed by atoms with van der Waals surface area (Å²) < 4.78 is 13.5.